The Morgan fingerprint density at radius 2 is 1.53 bits per heavy atom. The average molecular weight is 489 g/mol. The molecule has 0 aliphatic rings. The van der Waals surface area contributed by atoms with Gasteiger partial charge in [0.2, 0.25) is 5.91 Å². The summed E-state index contributed by atoms with van der Waals surface area (Å²) in [6.45, 7) is 7.87. The summed E-state index contributed by atoms with van der Waals surface area (Å²) in [4.78, 5) is 28.9. The fourth-order valence-electron chi connectivity index (χ4n) is 3.97. The van der Waals surface area contributed by atoms with Gasteiger partial charge in [0.05, 0.1) is 7.11 Å². The van der Waals surface area contributed by atoms with Crippen LogP contribution in [0.4, 0.5) is 0 Å². The minimum atomic E-state index is -0.721. The summed E-state index contributed by atoms with van der Waals surface area (Å²) < 4.78 is 11.2. The first kappa shape index (κ1) is 26.8. The molecule has 6 heteroatoms. The van der Waals surface area contributed by atoms with Crippen LogP contribution in [0.2, 0.25) is 0 Å². The van der Waals surface area contributed by atoms with Gasteiger partial charge in [0.15, 0.2) is 18.1 Å². The molecule has 3 aromatic rings. The van der Waals surface area contributed by atoms with E-state index in [1.165, 1.54) is 0 Å². The third-order valence-corrected chi connectivity index (χ3v) is 5.62. The lowest BCUT2D eigenvalue weighted by Crippen LogP contribution is -2.55. The molecule has 3 aromatic carbocycles. The quantitative estimate of drug-likeness (QED) is 0.439. The summed E-state index contributed by atoms with van der Waals surface area (Å²) in [6.07, 6.45) is 0.384. The average Bonchev–Trinajstić information content (AvgIpc) is 2.84. The number of rotatable bonds is 10. The standard InChI is InChI=1S/C30H36N2O4/c1-22-12-11-15-24(18-22)20-32(28(33)21-36-27-17-10-9-16-26(27)35-5)25(29(34)31-30(2,3)4)19-23-13-7-6-8-14-23/h6-18,25H,19-21H2,1-5H3,(H,31,34). The number of amides is 2. The topological polar surface area (TPSA) is 67.9 Å². The molecular weight excluding hydrogens is 452 g/mol. The van der Waals surface area contributed by atoms with Crippen molar-refractivity contribution < 1.29 is 19.1 Å². The van der Waals surface area contributed by atoms with Crippen LogP contribution in [0.1, 0.15) is 37.5 Å². The Balaban J connectivity index is 1.94. The zero-order valence-electron chi connectivity index (χ0n) is 21.8. The summed E-state index contributed by atoms with van der Waals surface area (Å²) in [5.74, 6) is 0.529. The lowest BCUT2D eigenvalue weighted by Gasteiger charge is -2.34. The molecule has 1 unspecified atom stereocenters. The summed E-state index contributed by atoms with van der Waals surface area (Å²) in [5, 5.41) is 3.07. The first-order valence-corrected chi connectivity index (χ1v) is 12.1. The number of nitrogens with one attached hydrogen (secondary N) is 1. The molecule has 0 aliphatic heterocycles. The molecule has 0 spiro atoms. The number of methoxy groups -OCH3 is 1. The van der Waals surface area contributed by atoms with E-state index in [4.69, 9.17) is 9.47 Å². The molecule has 0 radical (unpaired) electrons. The van der Waals surface area contributed by atoms with Crippen molar-refractivity contribution in [2.45, 2.75) is 52.2 Å². The van der Waals surface area contributed by atoms with Gasteiger partial charge in [-0.2, -0.15) is 0 Å². The lowest BCUT2D eigenvalue weighted by molar-refractivity contribution is -0.143. The molecule has 1 atom stereocenters. The summed E-state index contributed by atoms with van der Waals surface area (Å²) in [6, 6.07) is 24.2. The highest BCUT2D eigenvalue weighted by molar-refractivity contribution is 5.89. The minimum absolute atomic E-state index is 0.204. The van der Waals surface area contributed by atoms with E-state index in [1.807, 2.05) is 94.4 Å². The van der Waals surface area contributed by atoms with Crippen molar-refractivity contribution >= 4 is 11.8 Å². The van der Waals surface area contributed by atoms with Gasteiger partial charge in [-0.05, 0) is 51.0 Å². The van der Waals surface area contributed by atoms with Gasteiger partial charge in [0.25, 0.3) is 5.91 Å². The van der Waals surface area contributed by atoms with Crippen LogP contribution in [0.5, 0.6) is 11.5 Å². The smallest absolute Gasteiger partial charge is 0.261 e. The molecular formula is C30H36N2O4. The van der Waals surface area contributed by atoms with Crippen molar-refractivity contribution in [3.05, 3.63) is 95.6 Å². The molecule has 0 saturated heterocycles. The maximum absolute atomic E-state index is 13.7. The van der Waals surface area contributed by atoms with Gasteiger partial charge in [0.1, 0.15) is 6.04 Å². The van der Waals surface area contributed by atoms with Crippen molar-refractivity contribution in [3.63, 3.8) is 0 Å². The predicted molar refractivity (Wildman–Crippen MR) is 142 cm³/mol. The highest BCUT2D eigenvalue weighted by Gasteiger charge is 2.32. The van der Waals surface area contributed by atoms with Gasteiger partial charge in [-0.3, -0.25) is 9.59 Å². The van der Waals surface area contributed by atoms with E-state index in [-0.39, 0.29) is 25.0 Å². The Morgan fingerprint density at radius 3 is 2.17 bits per heavy atom. The molecule has 1 N–H and O–H groups in total. The lowest BCUT2D eigenvalue weighted by atomic mass is 10.0. The van der Waals surface area contributed by atoms with E-state index < -0.39 is 11.6 Å². The molecule has 0 aliphatic carbocycles. The number of nitrogens with zero attached hydrogens (tertiary/aromatic N) is 1. The van der Waals surface area contributed by atoms with Gasteiger partial charge >= 0.3 is 0 Å². The van der Waals surface area contributed by atoms with Crippen LogP contribution < -0.4 is 14.8 Å². The van der Waals surface area contributed by atoms with Crippen molar-refractivity contribution in [3.8, 4) is 11.5 Å². The van der Waals surface area contributed by atoms with Crippen molar-refractivity contribution in [1.29, 1.82) is 0 Å². The molecule has 190 valence electrons. The minimum Gasteiger partial charge on any atom is -0.493 e. The number of carbonyl (C=O) groups is 2. The van der Waals surface area contributed by atoms with Gasteiger partial charge < -0.3 is 19.7 Å². The van der Waals surface area contributed by atoms with E-state index in [1.54, 1.807) is 24.1 Å². The molecule has 0 heterocycles. The van der Waals surface area contributed by atoms with E-state index in [9.17, 15) is 9.59 Å². The van der Waals surface area contributed by atoms with Crippen LogP contribution in [0, 0.1) is 6.92 Å². The number of ether oxygens (including phenoxy) is 2. The zero-order chi connectivity index (χ0) is 26.1. The number of hydrogen-bond donors (Lipinski definition) is 1. The first-order chi connectivity index (χ1) is 17.2. The number of carbonyl (C=O) groups excluding carboxylic acids is 2. The molecule has 6 nitrogen and oxygen atoms in total. The predicted octanol–water partition coefficient (Wildman–Crippen LogP) is 4.94. The maximum atomic E-state index is 13.7. The van der Waals surface area contributed by atoms with Crippen LogP contribution in [-0.4, -0.2) is 42.0 Å². The second kappa shape index (κ2) is 12.2. The molecule has 3 rings (SSSR count). The molecule has 36 heavy (non-hydrogen) atoms. The van der Waals surface area contributed by atoms with Crippen LogP contribution >= 0.6 is 0 Å². The highest BCUT2D eigenvalue weighted by atomic mass is 16.5. The van der Waals surface area contributed by atoms with Gasteiger partial charge in [-0.1, -0.05) is 72.3 Å². The summed E-state index contributed by atoms with van der Waals surface area (Å²) in [5.41, 5.74) is 2.56. The molecule has 2 amide bonds. The van der Waals surface area contributed by atoms with Crippen LogP contribution in [0.15, 0.2) is 78.9 Å². The third kappa shape index (κ3) is 7.87. The second-order valence-electron chi connectivity index (χ2n) is 9.89. The first-order valence-electron chi connectivity index (χ1n) is 12.1. The SMILES string of the molecule is COc1ccccc1OCC(=O)N(Cc1cccc(C)c1)C(Cc1ccccc1)C(=O)NC(C)(C)C. The van der Waals surface area contributed by atoms with Crippen LogP contribution in [0.3, 0.4) is 0 Å². The van der Waals surface area contributed by atoms with E-state index >= 15 is 0 Å². The second-order valence-corrected chi connectivity index (χ2v) is 9.89. The summed E-state index contributed by atoms with van der Waals surface area (Å²) in [7, 11) is 1.56. The van der Waals surface area contributed by atoms with E-state index in [2.05, 4.69) is 5.32 Å². The number of benzene rings is 3. The van der Waals surface area contributed by atoms with E-state index in [0.29, 0.717) is 17.9 Å². The number of para-hydroxylation sites is 2. The Kier molecular flexibility index (Phi) is 9.12. The highest BCUT2D eigenvalue weighted by Crippen LogP contribution is 2.26. The van der Waals surface area contributed by atoms with Crippen LogP contribution in [0.25, 0.3) is 0 Å². The van der Waals surface area contributed by atoms with E-state index in [0.717, 1.165) is 16.7 Å². The van der Waals surface area contributed by atoms with Gasteiger partial charge in [-0.25, -0.2) is 0 Å². The van der Waals surface area contributed by atoms with Crippen molar-refractivity contribution in [2.75, 3.05) is 13.7 Å². The van der Waals surface area contributed by atoms with Gasteiger partial charge in [-0.15, -0.1) is 0 Å². The number of hydrogen-bond acceptors (Lipinski definition) is 4. The normalized spacial score (nSPS) is 11.9. The van der Waals surface area contributed by atoms with Crippen molar-refractivity contribution in [2.24, 2.45) is 0 Å². The Labute approximate surface area is 214 Å². The largest absolute Gasteiger partial charge is 0.493 e. The van der Waals surface area contributed by atoms with Crippen molar-refractivity contribution in [1.82, 2.24) is 10.2 Å². The Hall–Kier alpha value is -3.80. The fourth-order valence-corrected chi connectivity index (χ4v) is 3.97. The zero-order valence-corrected chi connectivity index (χ0v) is 21.8. The molecule has 0 bridgehead atoms. The Morgan fingerprint density at radius 1 is 0.889 bits per heavy atom. The van der Waals surface area contributed by atoms with Gasteiger partial charge in [0, 0.05) is 18.5 Å². The molecule has 0 saturated carbocycles. The summed E-state index contributed by atoms with van der Waals surface area (Å²) >= 11 is 0. The Bertz CT molecular complexity index is 1150. The molecule has 0 aromatic heterocycles. The third-order valence-electron chi connectivity index (χ3n) is 5.62. The number of aryl methyl sites for hydroxylation is 1. The monoisotopic (exact) mass is 488 g/mol. The molecule has 0 fully saturated rings. The fraction of sp³-hybridized carbons (Fsp3) is 0.333. The van der Waals surface area contributed by atoms with Crippen LogP contribution in [-0.2, 0) is 22.6 Å². The maximum Gasteiger partial charge on any atom is 0.261 e.